The molecular weight excluding hydrogens is 196 g/mol. The molecule has 14 heavy (non-hydrogen) atoms. The highest BCUT2D eigenvalue weighted by Gasteiger charge is 2.08. The van der Waals surface area contributed by atoms with E-state index in [2.05, 4.69) is 11.3 Å². The number of halogens is 1. The Morgan fingerprint density at radius 3 is 2.86 bits per heavy atom. The van der Waals surface area contributed by atoms with Gasteiger partial charge in [-0.2, -0.15) is 0 Å². The zero-order chi connectivity index (χ0) is 10.6. The minimum atomic E-state index is -0.00373. The van der Waals surface area contributed by atoms with Crippen molar-refractivity contribution in [2.45, 2.75) is 19.4 Å². The molecule has 0 aromatic heterocycles. The summed E-state index contributed by atoms with van der Waals surface area (Å²) in [6.45, 7) is 1.95. The molecule has 0 bridgehead atoms. The SMILES string of the molecule is C#CCC(NN)c1ccc(Cl)c(C)c1. The maximum atomic E-state index is 5.91. The molecule has 1 rings (SSSR count). The van der Waals surface area contributed by atoms with E-state index in [1.54, 1.807) is 0 Å². The smallest absolute Gasteiger partial charge is 0.0569 e. The van der Waals surface area contributed by atoms with Crippen LogP contribution in [0.5, 0.6) is 0 Å². The maximum Gasteiger partial charge on any atom is 0.0569 e. The summed E-state index contributed by atoms with van der Waals surface area (Å²) in [7, 11) is 0. The van der Waals surface area contributed by atoms with Gasteiger partial charge in [0.05, 0.1) is 6.04 Å². The number of hydrazine groups is 1. The van der Waals surface area contributed by atoms with Crippen molar-refractivity contribution in [2.75, 3.05) is 0 Å². The Hall–Kier alpha value is -1.01. The van der Waals surface area contributed by atoms with Gasteiger partial charge in [0.15, 0.2) is 0 Å². The van der Waals surface area contributed by atoms with Gasteiger partial charge < -0.3 is 0 Å². The molecule has 0 heterocycles. The molecule has 1 atom stereocenters. The molecule has 0 aliphatic carbocycles. The summed E-state index contributed by atoms with van der Waals surface area (Å²) in [5.74, 6) is 7.98. The number of benzene rings is 1. The van der Waals surface area contributed by atoms with Crippen LogP contribution in [-0.4, -0.2) is 0 Å². The van der Waals surface area contributed by atoms with E-state index in [-0.39, 0.29) is 6.04 Å². The quantitative estimate of drug-likeness (QED) is 0.454. The Balaban J connectivity index is 2.95. The molecule has 0 aliphatic heterocycles. The molecule has 2 nitrogen and oxygen atoms in total. The van der Waals surface area contributed by atoms with E-state index in [0.29, 0.717) is 6.42 Å². The van der Waals surface area contributed by atoms with Crippen molar-refractivity contribution < 1.29 is 0 Å². The van der Waals surface area contributed by atoms with Crippen molar-refractivity contribution in [1.82, 2.24) is 5.43 Å². The zero-order valence-electron chi connectivity index (χ0n) is 8.05. The van der Waals surface area contributed by atoms with Gasteiger partial charge in [0, 0.05) is 11.4 Å². The molecule has 3 N–H and O–H groups in total. The third kappa shape index (κ3) is 2.49. The molecule has 1 aromatic carbocycles. The van der Waals surface area contributed by atoms with E-state index in [1.807, 2.05) is 25.1 Å². The lowest BCUT2D eigenvalue weighted by Crippen LogP contribution is -2.27. The molecule has 74 valence electrons. The lowest BCUT2D eigenvalue weighted by molar-refractivity contribution is 0.568. The molecule has 1 unspecified atom stereocenters. The van der Waals surface area contributed by atoms with Crippen molar-refractivity contribution in [3.63, 3.8) is 0 Å². The fourth-order valence-corrected chi connectivity index (χ4v) is 1.39. The van der Waals surface area contributed by atoms with Crippen LogP contribution in [0.1, 0.15) is 23.6 Å². The van der Waals surface area contributed by atoms with E-state index < -0.39 is 0 Å². The Bertz CT molecular complexity index is 355. The van der Waals surface area contributed by atoms with E-state index in [9.17, 15) is 0 Å². The largest absolute Gasteiger partial charge is 0.271 e. The van der Waals surface area contributed by atoms with Crippen molar-refractivity contribution >= 4 is 11.6 Å². The molecule has 1 aromatic rings. The van der Waals surface area contributed by atoms with Crippen molar-refractivity contribution in [1.29, 1.82) is 0 Å². The molecule has 0 aliphatic rings. The van der Waals surface area contributed by atoms with Crippen LogP contribution >= 0.6 is 11.6 Å². The van der Waals surface area contributed by atoms with Gasteiger partial charge in [0.25, 0.3) is 0 Å². The van der Waals surface area contributed by atoms with Gasteiger partial charge in [-0.1, -0.05) is 23.7 Å². The number of aryl methyl sites for hydroxylation is 1. The molecule has 0 amide bonds. The predicted octanol–water partition coefficient (Wildman–Crippen LogP) is 2.18. The minimum absolute atomic E-state index is 0.00373. The van der Waals surface area contributed by atoms with Gasteiger partial charge in [-0.3, -0.25) is 11.3 Å². The van der Waals surface area contributed by atoms with Crippen molar-refractivity contribution in [3.8, 4) is 12.3 Å². The Morgan fingerprint density at radius 1 is 1.64 bits per heavy atom. The maximum absolute atomic E-state index is 5.91. The van der Waals surface area contributed by atoms with Gasteiger partial charge in [-0.05, 0) is 24.1 Å². The number of nitrogens with one attached hydrogen (secondary N) is 1. The van der Waals surface area contributed by atoms with Crippen LogP contribution in [-0.2, 0) is 0 Å². The van der Waals surface area contributed by atoms with E-state index in [4.69, 9.17) is 23.9 Å². The summed E-state index contributed by atoms with van der Waals surface area (Å²) < 4.78 is 0. The monoisotopic (exact) mass is 208 g/mol. The van der Waals surface area contributed by atoms with Crippen LogP contribution in [0.3, 0.4) is 0 Å². The highest BCUT2D eigenvalue weighted by Crippen LogP contribution is 2.21. The number of hydrogen-bond acceptors (Lipinski definition) is 2. The standard InChI is InChI=1S/C11H13ClN2/c1-3-4-11(14-13)9-5-6-10(12)8(2)7-9/h1,5-7,11,14H,4,13H2,2H3. The third-order valence-corrected chi connectivity index (χ3v) is 2.53. The van der Waals surface area contributed by atoms with E-state index in [1.165, 1.54) is 0 Å². The second kappa shape index (κ2) is 5.02. The van der Waals surface area contributed by atoms with Gasteiger partial charge in [0.1, 0.15) is 0 Å². The molecule has 0 saturated carbocycles. The summed E-state index contributed by atoms with van der Waals surface area (Å²) in [6.07, 6.45) is 5.81. The van der Waals surface area contributed by atoms with E-state index >= 15 is 0 Å². The number of nitrogens with two attached hydrogens (primary N) is 1. The first-order valence-corrected chi connectivity index (χ1v) is 4.72. The second-order valence-electron chi connectivity index (χ2n) is 3.14. The Kier molecular flexibility index (Phi) is 3.97. The molecule has 0 radical (unpaired) electrons. The predicted molar refractivity (Wildman–Crippen MR) is 59.7 cm³/mol. The molecule has 0 fully saturated rings. The van der Waals surface area contributed by atoms with Crippen LogP contribution in [0.25, 0.3) is 0 Å². The summed E-state index contributed by atoms with van der Waals surface area (Å²) >= 11 is 5.91. The summed E-state index contributed by atoms with van der Waals surface area (Å²) in [6, 6.07) is 5.77. The second-order valence-corrected chi connectivity index (χ2v) is 3.54. The van der Waals surface area contributed by atoms with Gasteiger partial charge in [0.2, 0.25) is 0 Å². The topological polar surface area (TPSA) is 38.0 Å². The van der Waals surface area contributed by atoms with Crippen LogP contribution in [0.4, 0.5) is 0 Å². The highest BCUT2D eigenvalue weighted by atomic mass is 35.5. The van der Waals surface area contributed by atoms with Gasteiger partial charge in [-0.15, -0.1) is 12.3 Å². The Labute approximate surface area is 89.4 Å². The lowest BCUT2D eigenvalue weighted by atomic mass is 10.0. The fourth-order valence-electron chi connectivity index (χ4n) is 1.28. The molecule has 0 saturated heterocycles. The van der Waals surface area contributed by atoms with Crippen LogP contribution in [0, 0.1) is 19.3 Å². The average molecular weight is 209 g/mol. The summed E-state index contributed by atoms with van der Waals surface area (Å²) in [5, 5.41) is 0.755. The first-order valence-electron chi connectivity index (χ1n) is 4.34. The first kappa shape index (κ1) is 11.1. The Morgan fingerprint density at radius 2 is 2.36 bits per heavy atom. The van der Waals surface area contributed by atoms with Gasteiger partial charge >= 0.3 is 0 Å². The average Bonchev–Trinajstić information content (AvgIpc) is 2.19. The minimum Gasteiger partial charge on any atom is -0.271 e. The molecule has 3 heteroatoms. The molecular formula is C11H13ClN2. The lowest BCUT2D eigenvalue weighted by Gasteiger charge is -2.14. The van der Waals surface area contributed by atoms with E-state index in [0.717, 1.165) is 16.1 Å². The third-order valence-electron chi connectivity index (χ3n) is 2.11. The van der Waals surface area contributed by atoms with Crippen molar-refractivity contribution in [3.05, 3.63) is 34.3 Å². The zero-order valence-corrected chi connectivity index (χ0v) is 8.81. The van der Waals surface area contributed by atoms with Gasteiger partial charge in [-0.25, -0.2) is 0 Å². The normalized spacial score (nSPS) is 12.1. The van der Waals surface area contributed by atoms with Crippen LogP contribution in [0.15, 0.2) is 18.2 Å². The summed E-state index contributed by atoms with van der Waals surface area (Å²) in [4.78, 5) is 0. The number of terminal acetylenes is 1. The first-order chi connectivity index (χ1) is 6.69. The highest BCUT2D eigenvalue weighted by molar-refractivity contribution is 6.31. The number of rotatable bonds is 3. The summed E-state index contributed by atoms with van der Waals surface area (Å²) in [5.41, 5.74) is 4.77. The number of hydrogen-bond donors (Lipinski definition) is 2. The fraction of sp³-hybridized carbons (Fsp3) is 0.273. The van der Waals surface area contributed by atoms with Crippen LogP contribution in [0.2, 0.25) is 5.02 Å². The van der Waals surface area contributed by atoms with Crippen molar-refractivity contribution in [2.24, 2.45) is 5.84 Å². The van der Waals surface area contributed by atoms with Crippen LogP contribution < -0.4 is 11.3 Å². The molecule has 0 spiro atoms.